The van der Waals surface area contributed by atoms with E-state index in [0.29, 0.717) is 19.2 Å². The summed E-state index contributed by atoms with van der Waals surface area (Å²) in [5.41, 5.74) is 1.38. The van der Waals surface area contributed by atoms with Gasteiger partial charge < -0.3 is 20.1 Å². The summed E-state index contributed by atoms with van der Waals surface area (Å²) < 4.78 is 11.8. The number of guanidine groups is 1. The molecule has 162 valence electrons. The maximum atomic E-state index is 6.01. The van der Waals surface area contributed by atoms with Crippen molar-refractivity contribution in [1.82, 2.24) is 15.5 Å². The van der Waals surface area contributed by atoms with E-state index in [2.05, 4.69) is 50.9 Å². The van der Waals surface area contributed by atoms with Crippen molar-refractivity contribution in [1.29, 1.82) is 0 Å². The van der Waals surface area contributed by atoms with Crippen LogP contribution in [0.1, 0.15) is 18.4 Å². The highest BCUT2D eigenvalue weighted by Gasteiger charge is 2.23. The lowest BCUT2D eigenvalue weighted by atomic mass is 10.0. The molecule has 0 spiro atoms. The monoisotopic (exact) mass is 522 g/mol. The molecule has 0 radical (unpaired) electrons. The molecule has 2 aliphatic heterocycles. The number of piperidine rings is 1. The molecule has 1 saturated heterocycles. The van der Waals surface area contributed by atoms with Gasteiger partial charge in [-0.05, 0) is 30.5 Å². The number of hydrogen-bond donors (Lipinski definition) is 2. The number of ether oxygens (including phenoxy) is 2. The molecule has 2 heterocycles. The first kappa shape index (κ1) is 22.7. The number of likely N-dealkylation sites (tertiary alicyclic amines) is 1. The minimum Gasteiger partial charge on any atom is -0.486 e. The van der Waals surface area contributed by atoms with Crippen LogP contribution >= 0.6 is 24.0 Å². The lowest BCUT2D eigenvalue weighted by Gasteiger charge is -2.33. The highest BCUT2D eigenvalue weighted by molar-refractivity contribution is 14.0. The molecule has 0 bridgehead atoms. The predicted octanol–water partition coefficient (Wildman–Crippen LogP) is 3.27. The van der Waals surface area contributed by atoms with Crippen LogP contribution in [-0.4, -0.2) is 56.3 Å². The third-order valence-corrected chi connectivity index (χ3v) is 5.47. The molecule has 0 saturated carbocycles. The average molecular weight is 522 g/mol. The second kappa shape index (κ2) is 11.4. The molecule has 2 aliphatic rings. The summed E-state index contributed by atoms with van der Waals surface area (Å²) in [6, 6.07) is 18.9. The SMILES string of the molecule is CN=C(NCC1COc2ccccc2O1)NC1CCN(Cc2ccccc2)CC1.I. The highest BCUT2D eigenvalue weighted by atomic mass is 127. The van der Waals surface area contributed by atoms with Gasteiger partial charge in [-0.15, -0.1) is 24.0 Å². The van der Waals surface area contributed by atoms with Gasteiger partial charge in [0, 0.05) is 32.7 Å². The Kier molecular flexibility index (Phi) is 8.62. The van der Waals surface area contributed by atoms with Gasteiger partial charge in [-0.1, -0.05) is 42.5 Å². The fourth-order valence-electron chi connectivity index (χ4n) is 3.84. The topological polar surface area (TPSA) is 58.1 Å². The van der Waals surface area contributed by atoms with Crippen molar-refractivity contribution in [2.24, 2.45) is 4.99 Å². The number of halogens is 1. The molecule has 6 nitrogen and oxygen atoms in total. The van der Waals surface area contributed by atoms with Gasteiger partial charge in [0.1, 0.15) is 12.7 Å². The third-order valence-electron chi connectivity index (χ3n) is 5.47. The Morgan fingerprint density at radius 1 is 1.03 bits per heavy atom. The number of benzene rings is 2. The number of fused-ring (bicyclic) bond motifs is 1. The zero-order valence-electron chi connectivity index (χ0n) is 17.4. The minimum absolute atomic E-state index is 0. The summed E-state index contributed by atoms with van der Waals surface area (Å²) in [6.07, 6.45) is 2.20. The molecule has 0 aliphatic carbocycles. The smallest absolute Gasteiger partial charge is 0.191 e. The zero-order chi connectivity index (χ0) is 19.9. The van der Waals surface area contributed by atoms with Crippen LogP contribution in [0, 0.1) is 0 Å². The average Bonchev–Trinajstić information content (AvgIpc) is 2.78. The van der Waals surface area contributed by atoms with E-state index < -0.39 is 0 Å². The van der Waals surface area contributed by atoms with E-state index >= 15 is 0 Å². The van der Waals surface area contributed by atoms with Crippen molar-refractivity contribution in [3.63, 3.8) is 0 Å². The normalized spacial score (nSPS) is 19.6. The number of nitrogens with one attached hydrogen (secondary N) is 2. The van der Waals surface area contributed by atoms with Gasteiger partial charge in [-0.25, -0.2) is 0 Å². The maximum absolute atomic E-state index is 6.01. The molecule has 7 heteroatoms. The van der Waals surface area contributed by atoms with Crippen LogP contribution in [0.3, 0.4) is 0 Å². The van der Waals surface area contributed by atoms with Crippen molar-refractivity contribution in [2.75, 3.05) is 33.3 Å². The number of rotatable bonds is 5. The second-order valence-electron chi connectivity index (χ2n) is 7.63. The van der Waals surface area contributed by atoms with Gasteiger partial charge in [-0.3, -0.25) is 9.89 Å². The molecule has 2 aromatic rings. The van der Waals surface area contributed by atoms with Crippen LogP contribution in [0.4, 0.5) is 0 Å². The summed E-state index contributed by atoms with van der Waals surface area (Å²) in [5.74, 6) is 2.45. The standard InChI is InChI=1S/C23H30N4O2.HI/c1-24-23(25-15-20-17-28-21-9-5-6-10-22(21)29-20)26-19-11-13-27(14-12-19)16-18-7-3-2-4-8-18;/h2-10,19-20H,11-17H2,1H3,(H2,24,25,26);1H. The number of hydrogen-bond acceptors (Lipinski definition) is 4. The summed E-state index contributed by atoms with van der Waals surface area (Å²) in [5, 5.41) is 6.95. The summed E-state index contributed by atoms with van der Waals surface area (Å²) in [7, 11) is 1.81. The first-order chi connectivity index (χ1) is 14.3. The Hall–Kier alpha value is -2.00. The van der Waals surface area contributed by atoms with Gasteiger partial charge in [-0.2, -0.15) is 0 Å². The Morgan fingerprint density at radius 2 is 1.73 bits per heavy atom. The van der Waals surface area contributed by atoms with Crippen molar-refractivity contribution in [3.8, 4) is 11.5 Å². The van der Waals surface area contributed by atoms with Crippen LogP contribution in [-0.2, 0) is 6.54 Å². The summed E-state index contributed by atoms with van der Waals surface area (Å²) in [6.45, 7) is 4.42. The molecule has 0 aromatic heterocycles. The molecule has 1 atom stereocenters. The lowest BCUT2D eigenvalue weighted by molar-refractivity contribution is 0.0935. The first-order valence-corrected chi connectivity index (χ1v) is 10.4. The van der Waals surface area contributed by atoms with Crippen LogP contribution in [0.5, 0.6) is 11.5 Å². The third kappa shape index (κ3) is 6.25. The van der Waals surface area contributed by atoms with Crippen molar-refractivity contribution in [2.45, 2.75) is 31.5 Å². The van der Waals surface area contributed by atoms with Crippen molar-refractivity contribution in [3.05, 3.63) is 60.2 Å². The van der Waals surface area contributed by atoms with Crippen molar-refractivity contribution < 1.29 is 9.47 Å². The van der Waals surface area contributed by atoms with Gasteiger partial charge in [0.25, 0.3) is 0 Å². The van der Waals surface area contributed by atoms with E-state index in [-0.39, 0.29) is 30.1 Å². The molecule has 30 heavy (non-hydrogen) atoms. The molecular weight excluding hydrogens is 491 g/mol. The number of nitrogens with zero attached hydrogens (tertiary/aromatic N) is 2. The van der Waals surface area contributed by atoms with E-state index in [0.717, 1.165) is 49.9 Å². The molecule has 1 unspecified atom stereocenters. The molecule has 1 fully saturated rings. The van der Waals surface area contributed by atoms with Gasteiger partial charge >= 0.3 is 0 Å². The minimum atomic E-state index is -0.0313. The van der Waals surface area contributed by atoms with Crippen LogP contribution in [0.25, 0.3) is 0 Å². The van der Waals surface area contributed by atoms with E-state index in [4.69, 9.17) is 9.47 Å². The zero-order valence-corrected chi connectivity index (χ0v) is 19.8. The van der Waals surface area contributed by atoms with Gasteiger partial charge in [0.15, 0.2) is 17.5 Å². The largest absolute Gasteiger partial charge is 0.486 e. The quantitative estimate of drug-likeness (QED) is 0.359. The molecule has 0 amide bonds. The second-order valence-corrected chi connectivity index (χ2v) is 7.63. The fourth-order valence-corrected chi connectivity index (χ4v) is 3.84. The summed E-state index contributed by atoms with van der Waals surface area (Å²) in [4.78, 5) is 6.90. The highest BCUT2D eigenvalue weighted by Crippen LogP contribution is 2.30. The first-order valence-electron chi connectivity index (χ1n) is 10.4. The number of para-hydroxylation sites is 2. The Bertz CT molecular complexity index is 810. The summed E-state index contributed by atoms with van der Waals surface area (Å²) >= 11 is 0. The van der Waals surface area contributed by atoms with E-state index in [1.54, 1.807) is 0 Å². The lowest BCUT2D eigenvalue weighted by Crippen LogP contribution is -2.51. The van der Waals surface area contributed by atoms with Gasteiger partial charge in [0.2, 0.25) is 0 Å². The Balaban J connectivity index is 0.00000256. The van der Waals surface area contributed by atoms with Gasteiger partial charge in [0.05, 0.1) is 6.54 Å². The van der Waals surface area contributed by atoms with E-state index in [9.17, 15) is 0 Å². The van der Waals surface area contributed by atoms with E-state index in [1.807, 2.05) is 31.3 Å². The molecule has 4 rings (SSSR count). The Morgan fingerprint density at radius 3 is 2.47 bits per heavy atom. The molecule has 2 aromatic carbocycles. The van der Waals surface area contributed by atoms with Crippen LogP contribution < -0.4 is 20.1 Å². The maximum Gasteiger partial charge on any atom is 0.191 e. The van der Waals surface area contributed by atoms with Crippen LogP contribution in [0.2, 0.25) is 0 Å². The molecule has 2 N–H and O–H groups in total. The van der Waals surface area contributed by atoms with Crippen molar-refractivity contribution >= 4 is 29.9 Å². The number of aliphatic imine (C=N–C) groups is 1. The molecular formula is C23H31IN4O2. The fraction of sp³-hybridized carbons (Fsp3) is 0.435. The predicted molar refractivity (Wildman–Crippen MR) is 131 cm³/mol. The van der Waals surface area contributed by atoms with E-state index in [1.165, 1.54) is 5.56 Å². The van der Waals surface area contributed by atoms with Crippen LogP contribution in [0.15, 0.2) is 59.6 Å². The Labute approximate surface area is 196 Å².